The van der Waals surface area contributed by atoms with Gasteiger partial charge in [-0.3, -0.25) is 0 Å². The van der Waals surface area contributed by atoms with Crippen LogP contribution in [0.25, 0.3) is 0 Å². The number of benzene rings is 1. The summed E-state index contributed by atoms with van der Waals surface area (Å²) < 4.78 is 32.4. The monoisotopic (exact) mass is 300 g/mol. The molecular weight excluding hydrogens is 280 g/mol. The molecule has 1 rings (SSSR count). The Morgan fingerprint density at radius 1 is 1.20 bits per heavy atom. The second-order valence-corrected chi connectivity index (χ2v) is 5.75. The molecule has 0 saturated heterocycles. The van der Waals surface area contributed by atoms with Crippen molar-refractivity contribution in [1.29, 1.82) is 0 Å². The first-order chi connectivity index (χ1) is 9.46. The summed E-state index contributed by atoms with van der Waals surface area (Å²) in [6.07, 6.45) is 0.305. The molecule has 0 heterocycles. The quantitative estimate of drug-likeness (QED) is 0.806. The number of hydrogen-bond donors (Lipinski definition) is 2. The van der Waals surface area contributed by atoms with Crippen LogP contribution in [0.15, 0.2) is 30.3 Å². The lowest BCUT2D eigenvalue weighted by Gasteiger charge is -2.15. The summed E-state index contributed by atoms with van der Waals surface area (Å²) in [7, 11) is -3.88. The van der Waals surface area contributed by atoms with E-state index in [9.17, 15) is 13.2 Å². The highest BCUT2D eigenvalue weighted by molar-refractivity contribution is 7.88. The Morgan fingerprint density at radius 3 is 2.35 bits per heavy atom. The fourth-order valence-electron chi connectivity index (χ4n) is 1.57. The van der Waals surface area contributed by atoms with E-state index >= 15 is 0 Å². The van der Waals surface area contributed by atoms with Crippen molar-refractivity contribution >= 4 is 16.3 Å². The lowest BCUT2D eigenvalue weighted by molar-refractivity contribution is 0.146. The van der Waals surface area contributed by atoms with Crippen LogP contribution in [0.4, 0.5) is 4.79 Å². The molecule has 0 atom stereocenters. The minimum Gasteiger partial charge on any atom is -0.444 e. The van der Waals surface area contributed by atoms with Gasteiger partial charge in [-0.05, 0) is 18.4 Å². The van der Waals surface area contributed by atoms with E-state index in [0.29, 0.717) is 12.8 Å². The third-order valence-corrected chi connectivity index (χ3v) is 3.82. The molecule has 1 aromatic rings. The molecule has 1 aromatic carbocycles. The Morgan fingerprint density at radius 2 is 1.80 bits per heavy atom. The van der Waals surface area contributed by atoms with Crippen molar-refractivity contribution in [3.63, 3.8) is 0 Å². The Bertz CT molecular complexity index is 512. The predicted octanol–water partition coefficient (Wildman–Crippen LogP) is 1.94. The second-order valence-electron chi connectivity index (χ2n) is 4.30. The van der Waals surface area contributed by atoms with Gasteiger partial charge in [0.15, 0.2) is 0 Å². The van der Waals surface area contributed by atoms with Crippen molar-refractivity contribution in [2.45, 2.75) is 39.3 Å². The smallest absolute Gasteiger partial charge is 0.422 e. The van der Waals surface area contributed by atoms with Gasteiger partial charge in [0.05, 0.1) is 0 Å². The Kier molecular flexibility index (Phi) is 6.47. The maximum Gasteiger partial charge on any atom is 0.422 e. The topological polar surface area (TPSA) is 84.5 Å². The van der Waals surface area contributed by atoms with E-state index in [2.05, 4.69) is 4.72 Å². The third-order valence-electron chi connectivity index (χ3n) is 2.74. The van der Waals surface area contributed by atoms with E-state index in [1.165, 1.54) is 0 Å². The molecule has 1 amide bonds. The van der Waals surface area contributed by atoms with Crippen LogP contribution in [0.1, 0.15) is 32.3 Å². The number of amides is 1. The van der Waals surface area contributed by atoms with E-state index in [1.807, 2.05) is 36.8 Å². The first-order valence-electron chi connectivity index (χ1n) is 6.47. The van der Waals surface area contributed by atoms with E-state index in [0.717, 1.165) is 5.56 Å². The lowest BCUT2D eigenvalue weighted by Crippen LogP contribution is -2.44. The van der Waals surface area contributed by atoms with Gasteiger partial charge in [-0.2, -0.15) is 13.1 Å². The molecule has 0 spiro atoms. The van der Waals surface area contributed by atoms with Crippen LogP contribution in [0, 0.1) is 0 Å². The number of hydrogen-bond acceptors (Lipinski definition) is 4. The number of carbonyl (C=O) groups is 1. The summed E-state index contributed by atoms with van der Waals surface area (Å²) in [6.45, 7) is 3.75. The normalized spacial score (nSPS) is 11.3. The molecule has 0 radical (unpaired) electrons. The van der Waals surface area contributed by atoms with Crippen LogP contribution in [-0.4, -0.2) is 20.6 Å². The van der Waals surface area contributed by atoms with Crippen LogP contribution in [0.3, 0.4) is 0 Å². The molecule has 7 heteroatoms. The Hall–Kier alpha value is -1.60. The van der Waals surface area contributed by atoms with E-state index in [4.69, 9.17) is 4.74 Å². The van der Waals surface area contributed by atoms with Crippen LogP contribution >= 0.6 is 0 Å². The first-order valence-corrected chi connectivity index (χ1v) is 7.96. The number of carbonyl (C=O) groups excluding carboxylic acids is 1. The van der Waals surface area contributed by atoms with Gasteiger partial charge >= 0.3 is 16.3 Å². The van der Waals surface area contributed by atoms with Crippen molar-refractivity contribution in [1.82, 2.24) is 9.44 Å². The van der Waals surface area contributed by atoms with E-state index < -0.39 is 16.3 Å². The molecule has 0 unspecified atom stereocenters. The second kappa shape index (κ2) is 7.86. The van der Waals surface area contributed by atoms with Gasteiger partial charge in [-0.15, -0.1) is 0 Å². The van der Waals surface area contributed by atoms with Gasteiger partial charge in [-0.25, -0.2) is 9.52 Å². The van der Waals surface area contributed by atoms with Crippen molar-refractivity contribution in [2.75, 3.05) is 0 Å². The molecule has 0 aliphatic heterocycles. The fourth-order valence-corrected chi connectivity index (χ4v) is 2.68. The van der Waals surface area contributed by atoms with Crippen molar-refractivity contribution in [2.24, 2.45) is 0 Å². The van der Waals surface area contributed by atoms with Crippen LogP contribution in [0.5, 0.6) is 0 Å². The number of ether oxygens (including phenoxy) is 1. The highest BCUT2D eigenvalue weighted by Crippen LogP contribution is 2.01. The van der Waals surface area contributed by atoms with Gasteiger partial charge in [0, 0.05) is 6.04 Å². The lowest BCUT2D eigenvalue weighted by atomic mass is 10.2. The molecule has 0 aliphatic carbocycles. The average Bonchev–Trinajstić information content (AvgIpc) is 2.43. The minimum absolute atomic E-state index is 0.0210. The minimum atomic E-state index is -3.88. The van der Waals surface area contributed by atoms with Crippen molar-refractivity contribution in [3.8, 4) is 0 Å². The molecule has 0 aliphatic rings. The van der Waals surface area contributed by atoms with Crippen LogP contribution in [-0.2, 0) is 21.6 Å². The van der Waals surface area contributed by atoms with Gasteiger partial charge in [0.2, 0.25) is 0 Å². The largest absolute Gasteiger partial charge is 0.444 e. The van der Waals surface area contributed by atoms with Crippen LogP contribution in [0.2, 0.25) is 0 Å². The van der Waals surface area contributed by atoms with Crippen molar-refractivity contribution in [3.05, 3.63) is 35.9 Å². The molecule has 6 nitrogen and oxygen atoms in total. The highest BCUT2D eigenvalue weighted by atomic mass is 32.2. The number of rotatable bonds is 7. The van der Waals surface area contributed by atoms with Crippen LogP contribution < -0.4 is 9.44 Å². The van der Waals surface area contributed by atoms with E-state index in [-0.39, 0.29) is 12.6 Å². The molecule has 0 aromatic heterocycles. The summed E-state index contributed by atoms with van der Waals surface area (Å²) >= 11 is 0. The van der Waals surface area contributed by atoms with E-state index in [1.54, 1.807) is 12.1 Å². The van der Waals surface area contributed by atoms with Crippen molar-refractivity contribution < 1.29 is 17.9 Å². The maximum absolute atomic E-state index is 11.7. The third kappa shape index (κ3) is 6.03. The van der Waals surface area contributed by atoms with Gasteiger partial charge < -0.3 is 4.74 Å². The molecule has 112 valence electrons. The van der Waals surface area contributed by atoms with Gasteiger partial charge in [0.25, 0.3) is 0 Å². The first kappa shape index (κ1) is 16.5. The molecule has 20 heavy (non-hydrogen) atoms. The maximum atomic E-state index is 11.7. The highest BCUT2D eigenvalue weighted by Gasteiger charge is 2.18. The molecule has 2 N–H and O–H groups in total. The molecular formula is C13H20N2O4S. The molecule has 0 saturated carbocycles. The zero-order valence-corrected chi connectivity index (χ0v) is 12.4. The molecule has 0 bridgehead atoms. The summed E-state index contributed by atoms with van der Waals surface area (Å²) in [5.41, 5.74) is 0.785. The predicted molar refractivity (Wildman–Crippen MR) is 76.2 cm³/mol. The Labute approximate surface area is 119 Å². The Balaban J connectivity index is 2.45. The molecule has 0 fully saturated rings. The summed E-state index contributed by atoms with van der Waals surface area (Å²) in [6, 6.07) is 8.82. The average molecular weight is 300 g/mol. The number of nitrogens with one attached hydrogen (secondary N) is 2. The fraction of sp³-hybridized carbons (Fsp3) is 0.462. The summed E-state index contributed by atoms with van der Waals surface area (Å²) in [4.78, 5) is 11.4. The van der Waals surface area contributed by atoms with Gasteiger partial charge in [0.1, 0.15) is 6.61 Å². The summed E-state index contributed by atoms with van der Waals surface area (Å²) in [5, 5.41) is 0. The zero-order chi connectivity index (χ0) is 15.0. The van der Waals surface area contributed by atoms with Gasteiger partial charge in [-0.1, -0.05) is 44.2 Å². The summed E-state index contributed by atoms with van der Waals surface area (Å²) in [5.74, 6) is 0. The standard InChI is InChI=1S/C13H20N2O4S/c1-3-12(4-2)14-20(17,18)15-13(16)19-10-11-8-6-5-7-9-11/h5-9,12,14H,3-4,10H2,1-2H3,(H,15,16). The zero-order valence-electron chi connectivity index (χ0n) is 11.6. The SMILES string of the molecule is CCC(CC)NS(=O)(=O)NC(=O)OCc1ccccc1.